The van der Waals surface area contributed by atoms with Gasteiger partial charge in [-0.1, -0.05) is 6.42 Å². The zero-order valence-electron chi connectivity index (χ0n) is 8.35. The highest BCUT2D eigenvalue weighted by molar-refractivity contribution is 5.89. The van der Waals surface area contributed by atoms with Crippen molar-refractivity contribution in [3.63, 3.8) is 0 Å². The lowest BCUT2D eigenvalue weighted by Crippen LogP contribution is -2.35. The van der Waals surface area contributed by atoms with Gasteiger partial charge in [0.05, 0.1) is 0 Å². The van der Waals surface area contributed by atoms with E-state index in [0.717, 1.165) is 18.8 Å². The van der Waals surface area contributed by atoms with Crippen LogP contribution in [-0.4, -0.2) is 11.5 Å². The molecular formula is C11H17FO. The van der Waals surface area contributed by atoms with Crippen molar-refractivity contribution >= 4 is 5.78 Å². The van der Waals surface area contributed by atoms with Gasteiger partial charge in [0.15, 0.2) is 11.5 Å². The molecule has 2 rings (SSSR count). The zero-order chi connectivity index (χ0) is 9.64. The minimum atomic E-state index is -1.62. The Hall–Kier alpha value is -0.400. The summed E-state index contributed by atoms with van der Waals surface area (Å²) in [5, 5.41) is 0. The molecule has 2 fully saturated rings. The first-order valence-corrected chi connectivity index (χ1v) is 5.21. The second-order valence-corrected chi connectivity index (χ2v) is 5.12. The first-order valence-electron chi connectivity index (χ1n) is 5.21. The van der Waals surface area contributed by atoms with E-state index in [-0.39, 0.29) is 11.7 Å². The topological polar surface area (TPSA) is 17.1 Å². The SMILES string of the molecule is CC(C)(F)C(=O)C1CC2CCC1C2. The number of fused-ring (bicyclic) bond motifs is 2. The molecule has 0 amide bonds. The van der Waals surface area contributed by atoms with E-state index in [2.05, 4.69) is 0 Å². The summed E-state index contributed by atoms with van der Waals surface area (Å²) in [7, 11) is 0. The number of rotatable bonds is 2. The molecule has 74 valence electrons. The maximum Gasteiger partial charge on any atom is 0.172 e. The summed E-state index contributed by atoms with van der Waals surface area (Å²) in [5.74, 6) is 1.12. The van der Waals surface area contributed by atoms with Crippen LogP contribution in [0.2, 0.25) is 0 Å². The monoisotopic (exact) mass is 184 g/mol. The van der Waals surface area contributed by atoms with Gasteiger partial charge in [-0.05, 0) is 44.9 Å². The fraction of sp³-hybridized carbons (Fsp3) is 0.909. The van der Waals surface area contributed by atoms with Crippen molar-refractivity contribution in [2.24, 2.45) is 17.8 Å². The third kappa shape index (κ3) is 1.51. The third-order valence-corrected chi connectivity index (χ3v) is 3.66. The number of alkyl halides is 1. The van der Waals surface area contributed by atoms with Gasteiger partial charge in [0.25, 0.3) is 0 Å². The van der Waals surface area contributed by atoms with Gasteiger partial charge in [-0.2, -0.15) is 0 Å². The van der Waals surface area contributed by atoms with Gasteiger partial charge in [0.1, 0.15) is 0 Å². The fourth-order valence-electron chi connectivity index (χ4n) is 3.01. The van der Waals surface area contributed by atoms with E-state index >= 15 is 0 Å². The molecule has 2 bridgehead atoms. The molecule has 2 aliphatic carbocycles. The lowest BCUT2D eigenvalue weighted by Gasteiger charge is -2.24. The fourth-order valence-corrected chi connectivity index (χ4v) is 3.01. The Balaban J connectivity index is 2.07. The van der Waals surface area contributed by atoms with Crippen LogP contribution in [0.3, 0.4) is 0 Å². The predicted molar refractivity (Wildman–Crippen MR) is 49.1 cm³/mol. The number of carbonyl (C=O) groups excluding carboxylic acids is 1. The lowest BCUT2D eigenvalue weighted by atomic mass is 9.81. The summed E-state index contributed by atoms with van der Waals surface area (Å²) in [6.45, 7) is 2.78. The Kier molecular flexibility index (Phi) is 1.97. The van der Waals surface area contributed by atoms with E-state index in [1.54, 1.807) is 0 Å². The van der Waals surface area contributed by atoms with Gasteiger partial charge in [-0.3, -0.25) is 4.79 Å². The molecule has 0 heterocycles. The number of hydrogen-bond donors (Lipinski definition) is 0. The van der Waals surface area contributed by atoms with Crippen LogP contribution >= 0.6 is 0 Å². The van der Waals surface area contributed by atoms with Gasteiger partial charge in [-0.25, -0.2) is 4.39 Å². The molecule has 13 heavy (non-hydrogen) atoms. The van der Waals surface area contributed by atoms with E-state index in [0.29, 0.717) is 5.92 Å². The summed E-state index contributed by atoms with van der Waals surface area (Å²) in [5.41, 5.74) is -1.62. The molecule has 2 heteroatoms. The minimum Gasteiger partial charge on any atom is -0.296 e. The van der Waals surface area contributed by atoms with Crippen LogP contribution in [0.25, 0.3) is 0 Å². The van der Waals surface area contributed by atoms with E-state index < -0.39 is 5.67 Å². The maximum atomic E-state index is 13.4. The summed E-state index contributed by atoms with van der Waals surface area (Å²) in [4.78, 5) is 11.7. The smallest absolute Gasteiger partial charge is 0.172 e. The van der Waals surface area contributed by atoms with Crippen molar-refractivity contribution in [2.75, 3.05) is 0 Å². The van der Waals surface area contributed by atoms with Gasteiger partial charge in [-0.15, -0.1) is 0 Å². The summed E-state index contributed by atoms with van der Waals surface area (Å²) in [6.07, 6.45) is 4.54. The van der Waals surface area contributed by atoms with Crippen molar-refractivity contribution in [3.05, 3.63) is 0 Å². The summed E-state index contributed by atoms with van der Waals surface area (Å²) >= 11 is 0. The zero-order valence-corrected chi connectivity index (χ0v) is 8.35. The van der Waals surface area contributed by atoms with Crippen LogP contribution in [-0.2, 0) is 4.79 Å². The van der Waals surface area contributed by atoms with Crippen LogP contribution in [0, 0.1) is 17.8 Å². The molecule has 0 aromatic heterocycles. The molecule has 0 aromatic carbocycles. The molecule has 2 aliphatic rings. The second kappa shape index (κ2) is 2.79. The highest BCUT2D eigenvalue weighted by atomic mass is 19.1. The Morgan fingerprint density at radius 1 is 1.31 bits per heavy atom. The van der Waals surface area contributed by atoms with Crippen LogP contribution in [0.5, 0.6) is 0 Å². The molecular weight excluding hydrogens is 167 g/mol. The standard InChI is InChI=1S/C11H17FO/c1-11(2,12)10(13)9-6-7-3-4-8(9)5-7/h7-9H,3-6H2,1-2H3. The molecule has 3 atom stereocenters. The van der Waals surface area contributed by atoms with E-state index in [1.807, 2.05) is 0 Å². The largest absolute Gasteiger partial charge is 0.296 e. The van der Waals surface area contributed by atoms with Crippen molar-refractivity contribution < 1.29 is 9.18 Å². The number of ketones is 1. The Morgan fingerprint density at radius 3 is 2.38 bits per heavy atom. The Bertz CT molecular complexity index is 229. The second-order valence-electron chi connectivity index (χ2n) is 5.12. The molecule has 0 N–H and O–H groups in total. The Morgan fingerprint density at radius 2 is 2.00 bits per heavy atom. The number of Topliss-reactive ketones (excluding diaryl/α,β-unsaturated/α-hetero) is 1. The summed E-state index contributed by atoms with van der Waals surface area (Å²) in [6, 6.07) is 0. The molecule has 0 radical (unpaired) electrons. The number of carbonyl (C=O) groups is 1. The molecule has 0 spiro atoms. The molecule has 0 aromatic rings. The van der Waals surface area contributed by atoms with E-state index in [4.69, 9.17) is 0 Å². The molecule has 0 saturated heterocycles. The molecule has 0 aliphatic heterocycles. The minimum absolute atomic E-state index is 0.0405. The van der Waals surface area contributed by atoms with E-state index in [1.165, 1.54) is 26.7 Å². The van der Waals surface area contributed by atoms with Gasteiger partial charge in [0.2, 0.25) is 0 Å². The van der Waals surface area contributed by atoms with Crippen LogP contribution in [0.15, 0.2) is 0 Å². The Labute approximate surface area is 78.7 Å². The highest BCUT2D eigenvalue weighted by Gasteiger charge is 2.46. The normalized spacial score (nSPS) is 38.2. The highest BCUT2D eigenvalue weighted by Crippen LogP contribution is 2.49. The predicted octanol–water partition coefficient (Wildman–Crippen LogP) is 2.74. The van der Waals surface area contributed by atoms with Crippen LogP contribution in [0.1, 0.15) is 39.5 Å². The van der Waals surface area contributed by atoms with Crippen LogP contribution < -0.4 is 0 Å². The average molecular weight is 184 g/mol. The van der Waals surface area contributed by atoms with Gasteiger partial charge < -0.3 is 0 Å². The quantitative estimate of drug-likeness (QED) is 0.645. The van der Waals surface area contributed by atoms with Crippen molar-refractivity contribution in [2.45, 2.75) is 45.2 Å². The average Bonchev–Trinajstić information content (AvgIpc) is 2.60. The van der Waals surface area contributed by atoms with Crippen molar-refractivity contribution in [3.8, 4) is 0 Å². The van der Waals surface area contributed by atoms with Crippen LogP contribution in [0.4, 0.5) is 4.39 Å². The molecule has 3 unspecified atom stereocenters. The van der Waals surface area contributed by atoms with E-state index in [9.17, 15) is 9.18 Å². The first kappa shape index (κ1) is 9.17. The van der Waals surface area contributed by atoms with Crippen molar-refractivity contribution in [1.82, 2.24) is 0 Å². The lowest BCUT2D eigenvalue weighted by molar-refractivity contribution is -0.134. The summed E-state index contributed by atoms with van der Waals surface area (Å²) < 4.78 is 13.4. The maximum absolute atomic E-state index is 13.4. The number of hydrogen-bond acceptors (Lipinski definition) is 1. The van der Waals surface area contributed by atoms with Crippen molar-refractivity contribution in [1.29, 1.82) is 0 Å². The number of halogens is 1. The molecule has 1 nitrogen and oxygen atoms in total. The molecule has 2 saturated carbocycles. The first-order chi connectivity index (χ1) is 5.98. The third-order valence-electron chi connectivity index (χ3n) is 3.66. The van der Waals surface area contributed by atoms with Gasteiger partial charge >= 0.3 is 0 Å². The van der Waals surface area contributed by atoms with Gasteiger partial charge in [0, 0.05) is 5.92 Å².